The zero-order chi connectivity index (χ0) is 13.7. The largest absolute Gasteiger partial charge is 0.481 e. The number of anilines is 1. The minimum Gasteiger partial charge on any atom is -0.481 e. The van der Waals surface area contributed by atoms with Gasteiger partial charge in [-0.2, -0.15) is 0 Å². The Bertz CT molecular complexity index is 392. The summed E-state index contributed by atoms with van der Waals surface area (Å²) in [6.07, 6.45) is 1.58. The highest BCUT2D eigenvalue weighted by Gasteiger charge is 2.18. The predicted octanol–water partition coefficient (Wildman–Crippen LogP) is 2.92. The van der Waals surface area contributed by atoms with Crippen LogP contribution in [0.3, 0.4) is 0 Å². The second-order valence-electron chi connectivity index (χ2n) is 4.87. The van der Waals surface area contributed by atoms with Crippen molar-refractivity contribution < 1.29 is 9.90 Å². The SMILES string of the molecule is CC(C)CN(CC(C)C(=O)O)c1ccc(Cl)cn1. The van der Waals surface area contributed by atoms with Gasteiger partial charge in [0, 0.05) is 19.3 Å². The molecule has 0 aliphatic carbocycles. The van der Waals surface area contributed by atoms with Gasteiger partial charge in [-0.05, 0) is 18.1 Å². The van der Waals surface area contributed by atoms with Crippen molar-refractivity contribution in [2.24, 2.45) is 11.8 Å². The van der Waals surface area contributed by atoms with Gasteiger partial charge >= 0.3 is 5.97 Å². The van der Waals surface area contributed by atoms with Gasteiger partial charge in [0.25, 0.3) is 0 Å². The number of aromatic nitrogens is 1. The Balaban J connectivity index is 2.83. The number of rotatable bonds is 6. The van der Waals surface area contributed by atoms with E-state index >= 15 is 0 Å². The van der Waals surface area contributed by atoms with Crippen LogP contribution in [0.5, 0.6) is 0 Å². The molecule has 1 atom stereocenters. The molecule has 1 N–H and O–H groups in total. The third-order valence-corrected chi connectivity index (χ3v) is 2.76. The van der Waals surface area contributed by atoms with Crippen LogP contribution in [0.25, 0.3) is 0 Å². The standard InChI is InChI=1S/C13H19ClN2O2/c1-9(2)7-16(8-10(3)13(17)18)12-5-4-11(14)6-15-12/h4-6,9-10H,7-8H2,1-3H3,(H,17,18). The molecule has 5 heteroatoms. The summed E-state index contributed by atoms with van der Waals surface area (Å²) in [6.45, 7) is 7.10. The van der Waals surface area contributed by atoms with E-state index in [1.165, 1.54) is 0 Å². The Morgan fingerprint density at radius 1 is 1.39 bits per heavy atom. The van der Waals surface area contributed by atoms with Crippen molar-refractivity contribution >= 4 is 23.4 Å². The molecule has 0 aromatic carbocycles. The Labute approximate surface area is 113 Å². The summed E-state index contributed by atoms with van der Waals surface area (Å²) in [4.78, 5) is 17.2. The van der Waals surface area contributed by atoms with E-state index in [4.69, 9.17) is 16.7 Å². The number of nitrogens with zero attached hydrogens (tertiary/aromatic N) is 2. The van der Waals surface area contributed by atoms with E-state index in [0.717, 1.165) is 12.4 Å². The van der Waals surface area contributed by atoms with Gasteiger partial charge in [-0.15, -0.1) is 0 Å². The molecule has 100 valence electrons. The van der Waals surface area contributed by atoms with E-state index < -0.39 is 11.9 Å². The molecular weight excluding hydrogens is 252 g/mol. The van der Waals surface area contributed by atoms with Crippen molar-refractivity contribution in [2.75, 3.05) is 18.0 Å². The maximum absolute atomic E-state index is 10.9. The first kappa shape index (κ1) is 14.8. The minimum atomic E-state index is -0.794. The van der Waals surface area contributed by atoms with Gasteiger partial charge in [0.1, 0.15) is 5.82 Å². The van der Waals surface area contributed by atoms with Gasteiger partial charge in [0.2, 0.25) is 0 Å². The number of aliphatic carboxylic acids is 1. The highest BCUT2D eigenvalue weighted by Crippen LogP contribution is 2.17. The zero-order valence-corrected chi connectivity index (χ0v) is 11.7. The van der Waals surface area contributed by atoms with Crippen LogP contribution >= 0.6 is 11.6 Å². The number of pyridine rings is 1. The zero-order valence-electron chi connectivity index (χ0n) is 10.9. The molecule has 0 saturated heterocycles. The molecule has 1 unspecified atom stereocenters. The van der Waals surface area contributed by atoms with Crippen LogP contribution in [0, 0.1) is 11.8 Å². The number of carbonyl (C=O) groups is 1. The van der Waals surface area contributed by atoms with Crippen molar-refractivity contribution in [1.29, 1.82) is 0 Å². The van der Waals surface area contributed by atoms with Crippen molar-refractivity contribution in [2.45, 2.75) is 20.8 Å². The predicted molar refractivity (Wildman–Crippen MR) is 73.1 cm³/mol. The molecule has 0 aliphatic heterocycles. The molecule has 0 amide bonds. The van der Waals surface area contributed by atoms with E-state index in [0.29, 0.717) is 17.5 Å². The van der Waals surface area contributed by atoms with E-state index in [9.17, 15) is 4.79 Å². The number of halogens is 1. The van der Waals surface area contributed by atoms with Gasteiger partial charge in [-0.1, -0.05) is 32.4 Å². The topological polar surface area (TPSA) is 53.4 Å². The minimum absolute atomic E-state index is 0.429. The van der Waals surface area contributed by atoms with Crippen LogP contribution in [-0.4, -0.2) is 29.1 Å². The molecule has 0 aliphatic rings. The molecule has 1 aromatic heterocycles. The first-order valence-corrected chi connectivity index (χ1v) is 6.37. The van der Waals surface area contributed by atoms with Crippen LogP contribution in [0.4, 0.5) is 5.82 Å². The smallest absolute Gasteiger partial charge is 0.308 e. The summed E-state index contributed by atoms with van der Waals surface area (Å²) in [5.74, 6) is -0.0244. The first-order chi connectivity index (χ1) is 8.40. The average molecular weight is 271 g/mol. The van der Waals surface area contributed by atoms with Crippen LogP contribution in [0.1, 0.15) is 20.8 Å². The third kappa shape index (κ3) is 4.53. The lowest BCUT2D eigenvalue weighted by Crippen LogP contribution is -2.35. The summed E-state index contributed by atoms with van der Waals surface area (Å²) >= 11 is 5.80. The fourth-order valence-corrected chi connectivity index (χ4v) is 1.78. The monoisotopic (exact) mass is 270 g/mol. The van der Waals surface area contributed by atoms with Crippen molar-refractivity contribution in [3.63, 3.8) is 0 Å². The van der Waals surface area contributed by atoms with E-state index in [1.54, 1.807) is 19.2 Å². The fraction of sp³-hybridized carbons (Fsp3) is 0.538. The highest BCUT2D eigenvalue weighted by atomic mass is 35.5. The molecule has 1 aromatic rings. The molecule has 0 radical (unpaired) electrons. The summed E-state index contributed by atoms with van der Waals surface area (Å²) in [5.41, 5.74) is 0. The molecule has 0 spiro atoms. The summed E-state index contributed by atoms with van der Waals surface area (Å²) in [5, 5.41) is 9.57. The van der Waals surface area contributed by atoms with Gasteiger partial charge in [0.15, 0.2) is 0 Å². The molecule has 0 bridgehead atoms. The number of hydrogen-bond acceptors (Lipinski definition) is 3. The van der Waals surface area contributed by atoms with Crippen LogP contribution in [0.2, 0.25) is 5.02 Å². The van der Waals surface area contributed by atoms with Crippen LogP contribution < -0.4 is 4.90 Å². The van der Waals surface area contributed by atoms with Gasteiger partial charge in [-0.25, -0.2) is 4.98 Å². The summed E-state index contributed by atoms with van der Waals surface area (Å²) < 4.78 is 0. The fourth-order valence-electron chi connectivity index (χ4n) is 1.67. The second kappa shape index (κ2) is 6.59. The number of carboxylic acid groups (broad SMARTS) is 1. The maximum atomic E-state index is 10.9. The van der Waals surface area contributed by atoms with Crippen molar-refractivity contribution in [3.8, 4) is 0 Å². The molecule has 0 fully saturated rings. The summed E-state index contributed by atoms with van der Waals surface area (Å²) in [7, 11) is 0. The molecule has 1 heterocycles. The van der Waals surface area contributed by atoms with Crippen molar-refractivity contribution in [1.82, 2.24) is 4.98 Å². The Hall–Kier alpha value is -1.29. The lowest BCUT2D eigenvalue weighted by Gasteiger charge is -2.27. The Morgan fingerprint density at radius 2 is 2.06 bits per heavy atom. The number of carboxylic acids is 1. The van der Waals surface area contributed by atoms with Crippen LogP contribution in [0.15, 0.2) is 18.3 Å². The van der Waals surface area contributed by atoms with Gasteiger partial charge in [-0.3, -0.25) is 4.79 Å². The van der Waals surface area contributed by atoms with E-state index in [2.05, 4.69) is 18.8 Å². The highest BCUT2D eigenvalue weighted by molar-refractivity contribution is 6.30. The number of hydrogen-bond donors (Lipinski definition) is 1. The second-order valence-corrected chi connectivity index (χ2v) is 5.31. The van der Waals surface area contributed by atoms with E-state index in [-0.39, 0.29) is 0 Å². The van der Waals surface area contributed by atoms with Gasteiger partial charge < -0.3 is 10.0 Å². The molecular formula is C13H19ClN2O2. The quantitative estimate of drug-likeness (QED) is 0.864. The summed E-state index contributed by atoms with van der Waals surface area (Å²) in [6, 6.07) is 3.59. The lowest BCUT2D eigenvalue weighted by atomic mass is 10.1. The molecule has 1 rings (SSSR count). The molecule has 0 saturated carbocycles. The maximum Gasteiger partial charge on any atom is 0.308 e. The lowest BCUT2D eigenvalue weighted by molar-refractivity contribution is -0.140. The van der Waals surface area contributed by atoms with Crippen molar-refractivity contribution in [3.05, 3.63) is 23.4 Å². The van der Waals surface area contributed by atoms with Crippen LogP contribution in [-0.2, 0) is 4.79 Å². The molecule has 4 nitrogen and oxygen atoms in total. The third-order valence-electron chi connectivity index (χ3n) is 2.54. The average Bonchev–Trinajstić information content (AvgIpc) is 2.28. The molecule has 18 heavy (non-hydrogen) atoms. The Morgan fingerprint density at radius 3 is 2.50 bits per heavy atom. The van der Waals surface area contributed by atoms with E-state index in [1.807, 2.05) is 11.0 Å². The normalized spacial score (nSPS) is 12.5. The Kier molecular flexibility index (Phi) is 5.41. The van der Waals surface area contributed by atoms with Gasteiger partial charge in [0.05, 0.1) is 10.9 Å². The first-order valence-electron chi connectivity index (χ1n) is 5.99.